The molecule has 28 heteroatoms. The standard InChI is InChI=1S/C68H77ClN10O15S2/c1-68(2)20-16-47(54(39-68)45-6-8-48(69)9-7-45)42-75-24-26-76(27-25-75)49-10-12-52(58(37-49)94-50-36-46-17-21-70-63(46)72-41-50)64(82)74-96(88,89)51-11-13-55(57(38-51)79(86)87)71-40-44-18-22-77(23-19-44)61(81)43-93-33-32-91-29-28-90-30-31-92-34-35-95-59-5-3-4-53-62(59)67(85)78(66(53)84)56-14-15-60(80)73-65(56)83/h3-13,17,21,36-38,41,44,56,71H,14-16,18-20,22-35,39-40,42-43H2,1-2H3,(H,70,72)(H,74,82)(H,73,80,83). The number of hydrogen-bond acceptors (Lipinski definition) is 20. The number of nitro groups is 1. The van der Waals surface area contributed by atoms with E-state index in [1.54, 1.807) is 47.5 Å². The first-order chi connectivity index (χ1) is 46.3. The molecule has 2 aromatic heterocycles. The number of benzene rings is 4. The molecule has 0 bridgehead atoms. The van der Waals surface area contributed by atoms with E-state index < -0.39 is 61.1 Å². The van der Waals surface area contributed by atoms with Gasteiger partial charge in [0.25, 0.3) is 33.4 Å². The van der Waals surface area contributed by atoms with Crippen LogP contribution in [0.1, 0.15) is 95.4 Å². The number of piperazine rings is 1. The van der Waals surface area contributed by atoms with Crippen molar-refractivity contribution in [2.24, 2.45) is 11.3 Å². The van der Waals surface area contributed by atoms with Crippen LogP contribution in [-0.4, -0.2) is 190 Å². The molecule has 0 spiro atoms. The first-order valence-corrected chi connectivity index (χ1v) is 35.0. The molecular formula is C68H77ClN10O15S2. The monoisotopic (exact) mass is 1370 g/mol. The number of amides is 6. The van der Waals surface area contributed by atoms with Gasteiger partial charge in [-0.05, 0) is 122 Å². The minimum Gasteiger partial charge on any atom is -0.455 e. The third kappa shape index (κ3) is 17.1. The number of aromatic amines is 1. The quantitative estimate of drug-likeness (QED) is 0.0112. The van der Waals surface area contributed by atoms with E-state index >= 15 is 0 Å². The smallest absolute Gasteiger partial charge is 0.293 e. The zero-order valence-electron chi connectivity index (χ0n) is 53.4. The van der Waals surface area contributed by atoms with E-state index in [1.807, 2.05) is 18.2 Å². The minimum atomic E-state index is -4.67. The third-order valence-corrected chi connectivity index (χ3v) is 20.5. The van der Waals surface area contributed by atoms with Crippen LogP contribution in [-0.2, 0) is 43.4 Å². The maximum Gasteiger partial charge on any atom is 0.293 e. The van der Waals surface area contributed by atoms with Crippen molar-refractivity contribution < 1.29 is 65.8 Å². The Hall–Kier alpha value is -8.28. The molecule has 25 nitrogen and oxygen atoms in total. The van der Waals surface area contributed by atoms with Crippen LogP contribution < -0.4 is 25.0 Å². The van der Waals surface area contributed by atoms with E-state index in [1.165, 1.54) is 52.9 Å². The first kappa shape index (κ1) is 69.1. The van der Waals surface area contributed by atoms with Crippen molar-refractivity contribution in [2.75, 3.05) is 121 Å². The van der Waals surface area contributed by atoms with Gasteiger partial charge in [-0.2, -0.15) is 0 Å². The number of ether oxygens (including phenoxy) is 5. The molecule has 96 heavy (non-hydrogen) atoms. The van der Waals surface area contributed by atoms with Gasteiger partial charge in [0.15, 0.2) is 0 Å². The Morgan fingerprint density at radius 3 is 2.28 bits per heavy atom. The molecule has 1 atom stereocenters. The van der Waals surface area contributed by atoms with E-state index in [9.17, 15) is 47.3 Å². The summed E-state index contributed by atoms with van der Waals surface area (Å²) < 4.78 is 58.8. The highest BCUT2D eigenvalue weighted by molar-refractivity contribution is 7.99. The fourth-order valence-electron chi connectivity index (χ4n) is 12.6. The molecule has 1 aliphatic carbocycles. The summed E-state index contributed by atoms with van der Waals surface area (Å²) in [7, 11) is -4.67. The molecule has 508 valence electrons. The van der Waals surface area contributed by atoms with E-state index in [0.29, 0.717) is 106 Å². The van der Waals surface area contributed by atoms with Crippen molar-refractivity contribution in [1.82, 2.24) is 34.7 Å². The average Bonchev–Trinajstić information content (AvgIpc) is 1.59. The molecule has 0 radical (unpaired) electrons. The van der Waals surface area contributed by atoms with Crippen LogP contribution in [0.3, 0.4) is 0 Å². The number of fused-ring (bicyclic) bond motifs is 2. The van der Waals surface area contributed by atoms with Crippen molar-refractivity contribution >= 4 is 102 Å². The number of piperidine rings is 2. The van der Waals surface area contributed by atoms with E-state index in [4.69, 9.17) is 35.3 Å². The van der Waals surface area contributed by atoms with Crippen molar-refractivity contribution in [3.05, 3.63) is 146 Å². The molecular weight excluding hydrogens is 1300 g/mol. The Balaban J connectivity index is 0.590. The lowest BCUT2D eigenvalue weighted by Gasteiger charge is -2.39. The number of aromatic nitrogens is 2. The predicted octanol–water partition coefficient (Wildman–Crippen LogP) is 8.73. The summed E-state index contributed by atoms with van der Waals surface area (Å²) in [6.07, 6.45) is 7.71. The fraction of sp³-hybridized carbons (Fsp3) is 0.426. The number of rotatable bonds is 29. The lowest BCUT2D eigenvalue weighted by molar-refractivity contribution is -0.384. The molecule has 6 amide bonds. The first-order valence-electron chi connectivity index (χ1n) is 32.1. The number of nitrogens with zero attached hydrogens (tertiary/aromatic N) is 6. The number of pyridine rings is 1. The van der Waals surface area contributed by atoms with Crippen LogP contribution in [0.2, 0.25) is 5.02 Å². The fourth-order valence-corrected chi connectivity index (χ4v) is 14.6. The Labute approximate surface area is 565 Å². The molecule has 1 unspecified atom stereocenters. The summed E-state index contributed by atoms with van der Waals surface area (Å²) in [6, 6.07) is 24.1. The number of H-pyrrole nitrogens is 1. The van der Waals surface area contributed by atoms with Crippen LogP contribution in [0, 0.1) is 21.4 Å². The highest BCUT2D eigenvalue weighted by atomic mass is 35.5. The van der Waals surface area contributed by atoms with Crippen LogP contribution in [0.4, 0.5) is 17.1 Å². The predicted molar refractivity (Wildman–Crippen MR) is 360 cm³/mol. The largest absolute Gasteiger partial charge is 0.455 e. The molecule has 5 aliphatic rings. The number of sulfonamides is 1. The topological polar surface area (TPSA) is 304 Å². The maximum atomic E-state index is 14.2. The number of allylic oxidation sites excluding steroid dienone is 1. The molecule has 4 aliphatic heterocycles. The molecule has 11 rings (SSSR count). The SMILES string of the molecule is CC1(C)CCC(CN2CCN(c3ccc(C(=O)NS(=O)(=O)c4ccc(NCC5CCN(C(=O)COCCOCCOCCOCCSc6cccc7c6C(=O)N(C6CCC(=O)NC6=O)C7=O)CC5)c([N+](=O)[O-])c4)c(Oc4cnc5[nH]ccc5c4)c3)CC2)=C(c2ccc(Cl)cc2)C1. The van der Waals surface area contributed by atoms with Crippen molar-refractivity contribution in [1.29, 1.82) is 0 Å². The lowest BCUT2D eigenvalue weighted by atomic mass is 9.72. The van der Waals surface area contributed by atoms with Gasteiger partial charge in [0, 0.05) is 104 Å². The highest BCUT2D eigenvalue weighted by Crippen LogP contribution is 2.44. The molecule has 4 aromatic carbocycles. The number of nitrogens with one attached hydrogen (secondary N) is 4. The van der Waals surface area contributed by atoms with Crippen molar-refractivity contribution in [3.8, 4) is 11.5 Å². The average molecular weight is 1370 g/mol. The van der Waals surface area contributed by atoms with Crippen molar-refractivity contribution in [3.63, 3.8) is 0 Å². The van der Waals surface area contributed by atoms with Crippen LogP contribution in [0.15, 0.2) is 119 Å². The van der Waals surface area contributed by atoms with Gasteiger partial charge in [0.05, 0.1) is 79.0 Å². The number of halogens is 1. The summed E-state index contributed by atoms with van der Waals surface area (Å²) in [5.41, 5.74) is 5.63. The molecule has 3 fully saturated rings. The Morgan fingerprint density at radius 2 is 1.55 bits per heavy atom. The second-order valence-electron chi connectivity index (χ2n) is 25.0. The Morgan fingerprint density at radius 1 is 0.823 bits per heavy atom. The molecule has 6 heterocycles. The van der Waals surface area contributed by atoms with Gasteiger partial charge >= 0.3 is 0 Å². The molecule has 6 aromatic rings. The highest BCUT2D eigenvalue weighted by Gasteiger charge is 2.46. The van der Waals surface area contributed by atoms with Gasteiger partial charge in [-0.15, -0.1) is 11.8 Å². The van der Waals surface area contributed by atoms with Crippen molar-refractivity contribution in [2.45, 2.75) is 74.6 Å². The van der Waals surface area contributed by atoms with Gasteiger partial charge in [-0.1, -0.05) is 49.2 Å². The summed E-state index contributed by atoms with van der Waals surface area (Å²) in [4.78, 5) is 104. The lowest BCUT2D eigenvalue weighted by Crippen LogP contribution is -2.54. The number of likely N-dealkylation sites (tertiary alicyclic amines) is 1. The number of hydrogen-bond donors (Lipinski definition) is 4. The van der Waals surface area contributed by atoms with Gasteiger partial charge in [-0.3, -0.25) is 54.0 Å². The van der Waals surface area contributed by atoms with E-state index in [-0.39, 0.29) is 78.0 Å². The van der Waals surface area contributed by atoms with Crippen LogP contribution in [0.5, 0.6) is 11.5 Å². The minimum absolute atomic E-state index is 0.0426. The van der Waals surface area contributed by atoms with Gasteiger partial charge in [0.2, 0.25) is 17.7 Å². The summed E-state index contributed by atoms with van der Waals surface area (Å²) in [5, 5.41) is 19.2. The third-order valence-electron chi connectivity index (χ3n) is 17.9. The number of carbonyl (C=O) groups is 6. The van der Waals surface area contributed by atoms with Gasteiger partial charge in [0.1, 0.15) is 35.5 Å². The van der Waals surface area contributed by atoms with Crippen LogP contribution in [0.25, 0.3) is 16.6 Å². The summed E-state index contributed by atoms with van der Waals surface area (Å²) in [6.45, 7) is 11.6. The summed E-state index contributed by atoms with van der Waals surface area (Å²) in [5.74, 6) is -2.44. The number of thioether (sulfide) groups is 1. The zero-order valence-corrected chi connectivity index (χ0v) is 55.8. The number of anilines is 2. The van der Waals surface area contributed by atoms with Crippen LogP contribution >= 0.6 is 23.4 Å². The second kappa shape index (κ2) is 31.3. The number of carbonyl (C=O) groups excluding carboxylic acids is 6. The van der Waals surface area contributed by atoms with Gasteiger partial charge in [-0.25, -0.2) is 18.1 Å². The molecule has 3 saturated heterocycles. The Kier molecular flexibility index (Phi) is 22.5. The van der Waals surface area contributed by atoms with Gasteiger partial charge < -0.3 is 43.8 Å². The molecule has 4 N–H and O–H groups in total. The summed E-state index contributed by atoms with van der Waals surface area (Å²) >= 11 is 7.63. The number of nitro benzene ring substituents is 1. The zero-order chi connectivity index (χ0) is 67.5. The number of imide groups is 2. The normalized spacial score (nSPS) is 17.9. The molecule has 0 saturated carbocycles. The second-order valence-corrected chi connectivity index (χ2v) is 28.3. The van der Waals surface area contributed by atoms with E-state index in [2.05, 4.69) is 61.1 Å². The Bertz CT molecular complexity index is 4040. The van der Waals surface area contributed by atoms with E-state index in [0.717, 1.165) is 60.9 Å². The maximum absolute atomic E-state index is 14.2.